The topological polar surface area (TPSA) is 94.2 Å². The van der Waals surface area contributed by atoms with Crippen LogP contribution >= 0.6 is 0 Å². The van der Waals surface area contributed by atoms with Crippen molar-refractivity contribution in [3.05, 3.63) is 77.9 Å². The number of amides is 1. The van der Waals surface area contributed by atoms with E-state index in [9.17, 15) is 13.2 Å². The lowest BCUT2D eigenvalue weighted by molar-refractivity contribution is -0.127. The standard InChI is InChI=1S/C27H30N2O6S/c1-4-20-6-8-22(9-7-20)34-16-15-28-27(30)26-18-29(24-17-19(2)5-14-25(24)35-26)36(31,32)23-12-10-21(33-3)11-13-23/h5-14,17,26H,4,15-16,18H2,1-3H3,(H,28,30). The fourth-order valence-electron chi connectivity index (χ4n) is 3.88. The van der Waals surface area contributed by atoms with Crippen molar-refractivity contribution in [3.8, 4) is 17.2 Å². The smallest absolute Gasteiger partial charge is 0.264 e. The van der Waals surface area contributed by atoms with Gasteiger partial charge in [0.25, 0.3) is 15.9 Å². The second-order valence-corrected chi connectivity index (χ2v) is 10.3. The van der Waals surface area contributed by atoms with E-state index in [0.29, 0.717) is 17.2 Å². The van der Waals surface area contributed by atoms with Crippen LogP contribution in [0.1, 0.15) is 18.1 Å². The van der Waals surface area contributed by atoms with Gasteiger partial charge in [0, 0.05) is 0 Å². The molecule has 1 aliphatic rings. The van der Waals surface area contributed by atoms with Crippen molar-refractivity contribution >= 4 is 21.6 Å². The molecule has 1 aliphatic heterocycles. The third-order valence-corrected chi connectivity index (χ3v) is 7.72. The van der Waals surface area contributed by atoms with Gasteiger partial charge in [-0.3, -0.25) is 9.10 Å². The number of hydrogen-bond acceptors (Lipinski definition) is 6. The number of benzene rings is 3. The van der Waals surface area contributed by atoms with Gasteiger partial charge in [0.2, 0.25) is 0 Å². The molecule has 1 atom stereocenters. The molecule has 1 heterocycles. The minimum Gasteiger partial charge on any atom is -0.497 e. The summed E-state index contributed by atoms with van der Waals surface area (Å²) in [5.41, 5.74) is 2.49. The predicted molar refractivity (Wildman–Crippen MR) is 137 cm³/mol. The molecule has 0 saturated heterocycles. The Morgan fingerprint density at radius 1 is 1.06 bits per heavy atom. The summed E-state index contributed by atoms with van der Waals surface area (Å²) < 4.78 is 45.1. The Kier molecular flexibility index (Phi) is 7.69. The largest absolute Gasteiger partial charge is 0.497 e. The van der Waals surface area contributed by atoms with E-state index in [2.05, 4.69) is 12.2 Å². The maximum Gasteiger partial charge on any atom is 0.264 e. The number of nitrogens with zero attached hydrogens (tertiary/aromatic N) is 1. The number of aryl methyl sites for hydroxylation is 2. The van der Waals surface area contributed by atoms with E-state index in [1.807, 2.05) is 37.3 Å². The van der Waals surface area contributed by atoms with Gasteiger partial charge in [-0.05, 0) is 73.0 Å². The van der Waals surface area contributed by atoms with Gasteiger partial charge in [0.15, 0.2) is 6.10 Å². The average Bonchev–Trinajstić information content (AvgIpc) is 2.90. The first-order chi connectivity index (χ1) is 17.3. The van der Waals surface area contributed by atoms with E-state index in [1.54, 1.807) is 24.3 Å². The monoisotopic (exact) mass is 510 g/mol. The molecule has 4 rings (SSSR count). The summed E-state index contributed by atoms with van der Waals surface area (Å²) >= 11 is 0. The molecule has 0 saturated carbocycles. The summed E-state index contributed by atoms with van der Waals surface area (Å²) in [6.45, 7) is 4.32. The highest BCUT2D eigenvalue weighted by Crippen LogP contribution is 2.38. The van der Waals surface area contributed by atoms with Gasteiger partial charge in [-0.25, -0.2) is 8.42 Å². The molecule has 3 aromatic carbocycles. The van der Waals surface area contributed by atoms with Crippen LogP contribution in [-0.2, 0) is 21.2 Å². The lowest BCUT2D eigenvalue weighted by Gasteiger charge is -2.35. The molecule has 1 N–H and O–H groups in total. The van der Waals surface area contributed by atoms with Gasteiger partial charge in [0.1, 0.15) is 23.9 Å². The van der Waals surface area contributed by atoms with Crippen molar-refractivity contribution in [1.82, 2.24) is 5.32 Å². The van der Waals surface area contributed by atoms with Gasteiger partial charge in [-0.15, -0.1) is 0 Å². The molecule has 0 spiro atoms. The zero-order valence-corrected chi connectivity index (χ0v) is 21.4. The quantitative estimate of drug-likeness (QED) is 0.441. The molecule has 36 heavy (non-hydrogen) atoms. The molecule has 1 unspecified atom stereocenters. The van der Waals surface area contributed by atoms with Crippen molar-refractivity contribution < 1.29 is 27.4 Å². The Bertz CT molecular complexity index is 1310. The minimum atomic E-state index is -3.96. The van der Waals surface area contributed by atoms with Crippen molar-refractivity contribution in [2.24, 2.45) is 0 Å². The Morgan fingerprint density at radius 3 is 2.42 bits per heavy atom. The number of methoxy groups -OCH3 is 1. The summed E-state index contributed by atoms with van der Waals surface area (Å²) in [5, 5.41) is 2.79. The van der Waals surface area contributed by atoms with E-state index in [4.69, 9.17) is 14.2 Å². The lowest BCUT2D eigenvalue weighted by Crippen LogP contribution is -2.51. The van der Waals surface area contributed by atoms with Gasteiger partial charge >= 0.3 is 0 Å². The van der Waals surface area contributed by atoms with Crippen molar-refractivity contribution in [2.45, 2.75) is 31.3 Å². The number of ether oxygens (including phenoxy) is 3. The number of sulfonamides is 1. The van der Waals surface area contributed by atoms with Gasteiger partial charge in [-0.1, -0.05) is 25.1 Å². The highest BCUT2D eigenvalue weighted by Gasteiger charge is 2.37. The van der Waals surface area contributed by atoms with Crippen LogP contribution in [0.4, 0.5) is 5.69 Å². The number of anilines is 1. The molecular weight excluding hydrogens is 480 g/mol. The zero-order valence-electron chi connectivity index (χ0n) is 20.6. The first kappa shape index (κ1) is 25.4. The second kappa shape index (κ2) is 10.9. The fourth-order valence-corrected chi connectivity index (χ4v) is 5.35. The molecule has 9 heteroatoms. The van der Waals surface area contributed by atoms with E-state index in [1.165, 1.54) is 29.1 Å². The highest BCUT2D eigenvalue weighted by atomic mass is 32.2. The van der Waals surface area contributed by atoms with Crippen LogP contribution in [0, 0.1) is 6.92 Å². The van der Waals surface area contributed by atoms with E-state index in [0.717, 1.165) is 17.7 Å². The maximum absolute atomic E-state index is 13.6. The summed E-state index contributed by atoms with van der Waals surface area (Å²) in [6, 6.07) is 19.2. The summed E-state index contributed by atoms with van der Waals surface area (Å²) in [4.78, 5) is 13.0. The summed E-state index contributed by atoms with van der Waals surface area (Å²) in [7, 11) is -2.44. The molecule has 190 valence electrons. The SMILES string of the molecule is CCc1ccc(OCCNC(=O)C2CN(S(=O)(=O)c3ccc(OC)cc3)c3cc(C)ccc3O2)cc1. The molecule has 0 radical (unpaired) electrons. The molecule has 1 amide bonds. The highest BCUT2D eigenvalue weighted by molar-refractivity contribution is 7.92. The molecule has 0 bridgehead atoms. The number of nitrogens with one attached hydrogen (secondary N) is 1. The first-order valence-electron chi connectivity index (χ1n) is 11.8. The lowest BCUT2D eigenvalue weighted by atomic mass is 10.1. The number of carbonyl (C=O) groups excluding carboxylic acids is 1. The minimum absolute atomic E-state index is 0.0966. The Morgan fingerprint density at radius 2 is 1.75 bits per heavy atom. The Hall–Kier alpha value is -3.72. The Labute approximate surface area is 211 Å². The first-order valence-corrected chi connectivity index (χ1v) is 13.2. The third kappa shape index (κ3) is 5.57. The normalized spacial score (nSPS) is 15.0. The molecular formula is C27H30N2O6S. The predicted octanol–water partition coefficient (Wildman–Crippen LogP) is 3.72. The number of rotatable bonds is 9. The van der Waals surface area contributed by atoms with E-state index < -0.39 is 22.0 Å². The molecule has 0 fully saturated rings. The Balaban J connectivity index is 1.46. The van der Waals surface area contributed by atoms with Crippen molar-refractivity contribution in [2.75, 3.05) is 31.1 Å². The van der Waals surface area contributed by atoms with Crippen LogP contribution < -0.4 is 23.8 Å². The number of carbonyl (C=O) groups is 1. The molecule has 3 aromatic rings. The van der Waals surface area contributed by atoms with Crippen molar-refractivity contribution in [1.29, 1.82) is 0 Å². The van der Waals surface area contributed by atoms with E-state index in [-0.39, 0.29) is 24.6 Å². The number of fused-ring (bicyclic) bond motifs is 1. The van der Waals surface area contributed by atoms with Crippen molar-refractivity contribution in [3.63, 3.8) is 0 Å². The maximum atomic E-state index is 13.6. The molecule has 0 aromatic heterocycles. The molecule has 8 nitrogen and oxygen atoms in total. The van der Waals surface area contributed by atoms with Gasteiger partial charge in [-0.2, -0.15) is 0 Å². The van der Waals surface area contributed by atoms with Crippen LogP contribution in [0.25, 0.3) is 0 Å². The van der Waals surface area contributed by atoms with Crippen LogP contribution in [-0.4, -0.2) is 47.2 Å². The van der Waals surface area contributed by atoms with E-state index >= 15 is 0 Å². The third-order valence-electron chi connectivity index (χ3n) is 5.93. The van der Waals surface area contributed by atoms with Gasteiger partial charge < -0.3 is 19.5 Å². The summed E-state index contributed by atoms with van der Waals surface area (Å²) in [5.74, 6) is 1.18. The zero-order chi connectivity index (χ0) is 25.7. The van der Waals surface area contributed by atoms with Crippen LogP contribution in [0.3, 0.4) is 0 Å². The van der Waals surface area contributed by atoms with Gasteiger partial charge in [0.05, 0.1) is 30.8 Å². The van der Waals surface area contributed by atoms with Crippen LogP contribution in [0.5, 0.6) is 17.2 Å². The fraction of sp³-hybridized carbons (Fsp3) is 0.296. The van der Waals surface area contributed by atoms with Crippen LogP contribution in [0.2, 0.25) is 0 Å². The summed E-state index contributed by atoms with van der Waals surface area (Å²) in [6.07, 6.45) is -0.0666. The van der Waals surface area contributed by atoms with Crippen LogP contribution in [0.15, 0.2) is 71.6 Å². The average molecular weight is 511 g/mol. The second-order valence-electron chi connectivity index (χ2n) is 8.43. The molecule has 0 aliphatic carbocycles. The number of hydrogen-bond donors (Lipinski definition) is 1.